The number of esters is 1. The molecule has 1 aliphatic rings. The molecular weight excluding hydrogens is 610 g/mol. The Morgan fingerprint density at radius 1 is 0.979 bits per heavy atom. The lowest BCUT2D eigenvalue weighted by atomic mass is 9.95. The van der Waals surface area contributed by atoms with Crippen molar-refractivity contribution in [2.75, 3.05) is 14.2 Å². The van der Waals surface area contributed by atoms with Crippen LogP contribution in [0.15, 0.2) is 66.4 Å². The minimum absolute atomic E-state index is 0.135. The Labute approximate surface area is 281 Å². The van der Waals surface area contributed by atoms with Crippen molar-refractivity contribution in [3.63, 3.8) is 0 Å². The molecule has 0 unspecified atom stereocenters. The summed E-state index contributed by atoms with van der Waals surface area (Å²) in [5.41, 5.74) is 3.53. The molecule has 1 aliphatic heterocycles. The highest BCUT2D eigenvalue weighted by atomic mass is 16.6. The first kappa shape index (κ1) is 35.9. The number of cyclic esters (lactones) is 1. The highest BCUT2D eigenvalue weighted by Gasteiger charge is 2.38. The molecule has 3 amide bonds. The Morgan fingerprint density at radius 3 is 2.33 bits per heavy atom. The van der Waals surface area contributed by atoms with E-state index in [9.17, 15) is 24.4 Å². The third kappa shape index (κ3) is 8.30. The van der Waals surface area contributed by atoms with E-state index in [-0.39, 0.29) is 18.2 Å². The minimum Gasteiger partial charge on any atom is -0.460 e. The molecule has 4 rings (SSSR count). The summed E-state index contributed by atoms with van der Waals surface area (Å²) in [7, 11) is 2.89. The van der Waals surface area contributed by atoms with Gasteiger partial charge in [0.2, 0.25) is 17.7 Å². The van der Waals surface area contributed by atoms with Gasteiger partial charge in [-0.05, 0) is 56.5 Å². The normalized spacial score (nSPS) is 27.9. The van der Waals surface area contributed by atoms with Crippen LogP contribution in [0.2, 0.25) is 0 Å². The van der Waals surface area contributed by atoms with Crippen LogP contribution < -0.4 is 10.6 Å². The summed E-state index contributed by atoms with van der Waals surface area (Å²) in [6.07, 6.45) is 2.54. The van der Waals surface area contributed by atoms with Gasteiger partial charge in [0.25, 0.3) is 0 Å². The molecule has 0 saturated heterocycles. The lowest BCUT2D eigenvalue weighted by molar-refractivity contribution is -0.164. The zero-order valence-corrected chi connectivity index (χ0v) is 28.6. The van der Waals surface area contributed by atoms with Crippen molar-refractivity contribution < 1.29 is 28.7 Å². The monoisotopic (exact) mass is 655 g/mol. The third-order valence-corrected chi connectivity index (χ3v) is 9.09. The molecule has 254 valence electrons. The lowest BCUT2D eigenvalue weighted by Gasteiger charge is -2.33. The van der Waals surface area contributed by atoms with Gasteiger partial charge < -0.3 is 30.0 Å². The second-order valence-corrected chi connectivity index (χ2v) is 12.8. The molecule has 2 heterocycles. The average Bonchev–Trinajstić information content (AvgIpc) is 3.48. The number of H-pyrrole nitrogens is 1. The van der Waals surface area contributed by atoms with Gasteiger partial charge in [0.15, 0.2) is 6.10 Å². The number of nitriles is 1. The minimum atomic E-state index is -1.26. The van der Waals surface area contributed by atoms with Gasteiger partial charge in [-0.2, -0.15) is 5.26 Å². The number of likely N-dealkylation sites (N-methyl/N-ethyl adjacent to an activating group) is 1. The van der Waals surface area contributed by atoms with E-state index in [1.165, 1.54) is 19.1 Å². The van der Waals surface area contributed by atoms with Crippen LogP contribution in [-0.2, 0) is 35.1 Å². The topological polar surface area (TPSA) is 154 Å². The largest absolute Gasteiger partial charge is 0.460 e. The van der Waals surface area contributed by atoms with Crippen molar-refractivity contribution in [1.82, 2.24) is 20.5 Å². The van der Waals surface area contributed by atoms with Gasteiger partial charge in [-0.15, -0.1) is 0 Å². The summed E-state index contributed by atoms with van der Waals surface area (Å²) in [4.78, 5) is 59.7. The third-order valence-electron chi connectivity index (χ3n) is 9.09. The summed E-state index contributed by atoms with van der Waals surface area (Å²) in [5, 5.41) is 16.1. The zero-order valence-electron chi connectivity index (χ0n) is 28.6. The molecule has 0 fully saturated rings. The van der Waals surface area contributed by atoms with Gasteiger partial charge in [0.1, 0.15) is 18.2 Å². The number of rotatable bonds is 4. The molecule has 3 N–H and O–H groups in total. The Hall–Kier alpha value is -4.95. The number of carbonyl (C=O) groups is 4. The maximum atomic E-state index is 14.4. The predicted octanol–water partition coefficient (Wildman–Crippen LogP) is 4.34. The van der Waals surface area contributed by atoms with E-state index < -0.39 is 54.0 Å². The Balaban J connectivity index is 1.81. The van der Waals surface area contributed by atoms with Crippen LogP contribution in [-0.4, -0.2) is 72.0 Å². The number of allylic oxidation sites excluding steroid dienone is 1. The van der Waals surface area contributed by atoms with Crippen molar-refractivity contribution in [3.8, 4) is 6.07 Å². The predicted molar refractivity (Wildman–Crippen MR) is 181 cm³/mol. The van der Waals surface area contributed by atoms with Crippen LogP contribution >= 0.6 is 0 Å². The Kier molecular flexibility index (Phi) is 11.8. The lowest BCUT2D eigenvalue weighted by Crippen LogP contribution is -2.56. The number of hydrogen-bond acceptors (Lipinski definition) is 7. The number of ether oxygens (including phenoxy) is 2. The first-order valence-electron chi connectivity index (χ1n) is 16.2. The number of amides is 3. The molecular formula is C37H45N5O6. The quantitative estimate of drug-likeness (QED) is 0.279. The smallest absolute Gasteiger partial charge is 0.338 e. The molecule has 1 aromatic heterocycles. The molecule has 0 radical (unpaired) electrons. The fraction of sp³-hybridized carbons (Fsp3) is 0.432. The van der Waals surface area contributed by atoms with Crippen molar-refractivity contribution >= 4 is 34.6 Å². The number of nitrogens with one attached hydrogen (secondary N) is 3. The van der Waals surface area contributed by atoms with Crippen LogP contribution in [0.25, 0.3) is 10.9 Å². The van der Waals surface area contributed by atoms with Crippen LogP contribution in [0.5, 0.6) is 0 Å². The van der Waals surface area contributed by atoms with Crippen molar-refractivity contribution in [2.45, 2.75) is 77.8 Å². The van der Waals surface area contributed by atoms with E-state index in [2.05, 4.69) is 21.7 Å². The summed E-state index contributed by atoms with van der Waals surface area (Å²) in [6.45, 7) is 9.00. The van der Waals surface area contributed by atoms with Crippen molar-refractivity contribution in [2.24, 2.45) is 11.8 Å². The maximum absolute atomic E-state index is 14.4. The van der Waals surface area contributed by atoms with Gasteiger partial charge in [-0.3, -0.25) is 14.4 Å². The first-order valence-corrected chi connectivity index (χ1v) is 16.2. The van der Waals surface area contributed by atoms with E-state index >= 15 is 0 Å². The SMILES string of the molecule is CO[C@@H]1C(=O)O[C@H](C)[C@H](C)/C=C(\C)C[C@H](C)C(=O)N[C@@H](C)C(=O)N(C)[C@H](Cc2c[nH]c3ccccc23)C(=O)N[C@@H]1c1ccc(C#N)cc1. The van der Waals surface area contributed by atoms with Gasteiger partial charge in [-0.1, -0.05) is 55.8 Å². The second-order valence-electron chi connectivity index (χ2n) is 12.8. The number of methoxy groups -OCH3 is 1. The van der Waals surface area contributed by atoms with E-state index in [1.807, 2.05) is 44.2 Å². The Bertz CT molecular complexity index is 1710. The average molecular weight is 656 g/mol. The molecule has 7 atom stereocenters. The van der Waals surface area contributed by atoms with Gasteiger partial charge in [0.05, 0.1) is 17.7 Å². The van der Waals surface area contributed by atoms with E-state index in [4.69, 9.17) is 9.47 Å². The van der Waals surface area contributed by atoms with E-state index in [0.717, 1.165) is 22.0 Å². The van der Waals surface area contributed by atoms with Gasteiger partial charge in [-0.25, -0.2) is 4.79 Å². The first-order chi connectivity index (χ1) is 22.8. The fourth-order valence-electron chi connectivity index (χ4n) is 6.09. The molecule has 3 aromatic rings. The Morgan fingerprint density at radius 2 is 1.67 bits per heavy atom. The number of aromatic amines is 1. The summed E-state index contributed by atoms with van der Waals surface area (Å²) >= 11 is 0. The highest BCUT2D eigenvalue weighted by molar-refractivity contribution is 5.93. The van der Waals surface area contributed by atoms with E-state index in [0.29, 0.717) is 17.5 Å². The molecule has 2 aromatic carbocycles. The van der Waals surface area contributed by atoms with Crippen molar-refractivity contribution in [3.05, 3.63) is 83.1 Å². The van der Waals surface area contributed by atoms with Crippen LogP contribution in [0, 0.1) is 23.2 Å². The zero-order chi connectivity index (χ0) is 35.1. The summed E-state index contributed by atoms with van der Waals surface area (Å²) in [6, 6.07) is 13.2. The number of aromatic nitrogens is 1. The maximum Gasteiger partial charge on any atom is 0.338 e. The molecule has 0 spiro atoms. The number of hydrogen-bond donors (Lipinski definition) is 3. The summed E-state index contributed by atoms with van der Waals surface area (Å²) < 4.78 is 11.6. The highest BCUT2D eigenvalue weighted by Crippen LogP contribution is 2.26. The number of benzene rings is 2. The van der Waals surface area contributed by atoms with Crippen LogP contribution in [0.1, 0.15) is 63.8 Å². The number of fused-ring (bicyclic) bond motifs is 1. The molecule has 0 saturated carbocycles. The molecule has 0 bridgehead atoms. The molecule has 11 heteroatoms. The molecule has 48 heavy (non-hydrogen) atoms. The van der Waals surface area contributed by atoms with Crippen LogP contribution in [0.3, 0.4) is 0 Å². The second kappa shape index (κ2) is 15.8. The van der Waals surface area contributed by atoms with Crippen LogP contribution in [0.4, 0.5) is 0 Å². The van der Waals surface area contributed by atoms with Gasteiger partial charge >= 0.3 is 5.97 Å². The van der Waals surface area contributed by atoms with Gasteiger partial charge in [0, 0.05) is 49.5 Å². The number of carbonyl (C=O) groups excluding carboxylic acids is 4. The fourth-order valence-corrected chi connectivity index (χ4v) is 6.09. The number of para-hydroxylation sites is 1. The molecule has 0 aliphatic carbocycles. The van der Waals surface area contributed by atoms with E-state index in [1.54, 1.807) is 51.2 Å². The van der Waals surface area contributed by atoms with Crippen molar-refractivity contribution in [1.29, 1.82) is 5.26 Å². The summed E-state index contributed by atoms with van der Waals surface area (Å²) in [5.74, 6) is -2.60. The standard InChI is InChI=1S/C37H45N5O6/c1-21-16-22(2)25(5)48-37(46)33(47-7)32(27-14-12-26(19-38)13-15-27)41-35(44)31(18-28-20-39-30-11-9-8-10-29(28)30)42(6)36(45)24(4)40-34(43)23(3)17-21/h8-16,20,22-25,31-33,39H,17-18H2,1-7H3,(H,40,43)(H,41,44)/b21-16+/t22-,23+,24+,25-,31-,32-,33+/m1/s1. The number of nitrogens with zero attached hydrogens (tertiary/aromatic N) is 2. The molecule has 11 nitrogen and oxygen atoms in total.